The van der Waals surface area contributed by atoms with Crippen LogP contribution < -0.4 is 20.1 Å². The number of ether oxygens (including phenoxy) is 2. The molecule has 7 nitrogen and oxygen atoms in total. The smallest absolute Gasteiger partial charge is 0.266 e. The summed E-state index contributed by atoms with van der Waals surface area (Å²) in [6.07, 6.45) is 1.47. The number of rotatable bonds is 9. The third-order valence-corrected chi connectivity index (χ3v) is 4.91. The number of benzene rings is 3. The molecule has 0 fully saturated rings. The minimum Gasteiger partial charge on any atom is -0.490 e. The maximum Gasteiger partial charge on any atom is 0.266 e. The van der Waals surface area contributed by atoms with Crippen molar-refractivity contribution < 1.29 is 19.1 Å². The van der Waals surface area contributed by atoms with Crippen molar-refractivity contribution in [2.24, 2.45) is 0 Å². The van der Waals surface area contributed by atoms with Crippen LogP contribution in [0.2, 0.25) is 0 Å². The van der Waals surface area contributed by atoms with Gasteiger partial charge in [-0.25, -0.2) is 0 Å². The lowest BCUT2D eigenvalue weighted by molar-refractivity contribution is -0.118. The fourth-order valence-electron chi connectivity index (χ4n) is 3.22. The van der Waals surface area contributed by atoms with Crippen molar-refractivity contribution in [3.63, 3.8) is 0 Å². The lowest BCUT2D eigenvalue weighted by Crippen LogP contribution is -2.20. The first kappa shape index (κ1) is 25.1. The minimum atomic E-state index is -0.510. The van der Waals surface area contributed by atoms with Gasteiger partial charge >= 0.3 is 0 Å². The zero-order valence-electron chi connectivity index (χ0n) is 19.9. The summed E-state index contributed by atoms with van der Waals surface area (Å²) in [7, 11) is 0. The molecule has 0 bridgehead atoms. The molecule has 0 saturated carbocycles. The molecule has 0 aliphatic rings. The van der Waals surface area contributed by atoms with Gasteiger partial charge in [0.05, 0.1) is 6.61 Å². The normalized spacial score (nSPS) is 10.7. The van der Waals surface area contributed by atoms with E-state index in [1.54, 1.807) is 24.3 Å². The molecule has 35 heavy (non-hydrogen) atoms. The van der Waals surface area contributed by atoms with Gasteiger partial charge in [-0.3, -0.25) is 9.59 Å². The van der Waals surface area contributed by atoms with Crippen LogP contribution in [-0.4, -0.2) is 25.0 Å². The largest absolute Gasteiger partial charge is 0.490 e. The number of hydrogen-bond acceptors (Lipinski definition) is 5. The van der Waals surface area contributed by atoms with Crippen LogP contribution in [0.25, 0.3) is 6.08 Å². The average Bonchev–Trinajstić information content (AvgIpc) is 2.83. The molecule has 0 aliphatic heterocycles. The van der Waals surface area contributed by atoms with Crippen LogP contribution in [-0.2, 0) is 9.59 Å². The molecule has 3 aromatic carbocycles. The molecule has 7 heteroatoms. The molecule has 3 aromatic rings. The van der Waals surface area contributed by atoms with E-state index >= 15 is 0 Å². The molecule has 0 radical (unpaired) electrons. The summed E-state index contributed by atoms with van der Waals surface area (Å²) in [6, 6.07) is 21.7. The number of carbonyl (C=O) groups is 2. The number of carbonyl (C=O) groups excluding carboxylic acids is 2. The lowest BCUT2D eigenvalue weighted by atomic mass is 10.1. The first-order valence-electron chi connectivity index (χ1n) is 11.1. The van der Waals surface area contributed by atoms with Crippen molar-refractivity contribution in [1.82, 2.24) is 0 Å². The quantitative estimate of drug-likeness (QED) is 0.329. The van der Waals surface area contributed by atoms with Gasteiger partial charge in [-0.15, -0.1) is 0 Å². The highest BCUT2D eigenvalue weighted by Crippen LogP contribution is 2.29. The van der Waals surface area contributed by atoms with E-state index in [0.29, 0.717) is 35.0 Å². The van der Waals surface area contributed by atoms with Gasteiger partial charge in [0.1, 0.15) is 11.6 Å². The van der Waals surface area contributed by atoms with E-state index in [9.17, 15) is 14.9 Å². The highest BCUT2D eigenvalue weighted by Gasteiger charge is 2.13. The molecular weight excluding hydrogens is 442 g/mol. The van der Waals surface area contributed by atoms with Crippen molar-refractivity contribution in [3.8, 4) is 17.6 Å². The molecule has 0 unspecified atom stereocenters. The van der Waals surface area contributed by atoms with E-state index in [1.165, 1.54) is 6.08 Å². The molecular formula is C28H27N3O4. The molecule has 0 atom stereocenters. The first-order valence-corrected chi connectivity index (χ1v) is 11.1. The summed E-state index contributed by atoms with van der Waals surface area (Å²) in [4.78, 5) is 24.9. The van der Waals surface area contributed by atoms with Gasteiger partial charge in [0.15, 0.2) is 18.1 Å². The van der Waals surface area contributed by atoms with Gasteiger partial charge in [0, 0.05) is 11.4 Å². The molecule has 178 valence electrons. The van der Waals surface area contributed by atoms with Crippen LogP contribution in [0.5, 0.6) is 11.5 Å². The van der Waals surface area contributed by atoms with Gasteiger partial charge in [-0.2, -0.15) is 5.26 Å². The lowest BCUT2D eigenvalue weighted by Gasteiger charge is -2.13. The summed E-state index contributed by atoms with van der Waals surface area (Å²) in [5.41, 5.74) is 3.92. The van der Waals surface area contributed by atoms with Crippen molar-refractivity contribution in [3.05, 3.63) is 89.0 Å². The molecule has 0 aliphatic carbocycles. The number of anilines is 2. The second-order valence-electron chi connectivity index (χ2n) is 7.84. The predicted octanol–water partition coefficient (Wildman–Crippen LogP) is 5.27. The van der Waals surface area contributed by atoms with E-state index in [-0.39, 0.29) is 18.1 Å². The SMILES string of the molecule is CCOc1cc(/C=C(\C#N)C(=O)Nc2cccc(C)c2)ccc1OCC(=O)Nc1ccc(C)cc1. The Kier molecular flexibility index (Phi) is 8.63. The van der Waals surface area contributed by atoms with Crippen molar-refractivity contribution in [2.45, 2.75) is 20.8 Å². The fraction of sp³-hybridized carbons (Fsp3) is 0.179. The molecule has 2 N–H and O–H groups in total. The fourth-order valence-corrected chi connectivity index (χ4v) is 3.22. The summed E-state index contributed by atoms with van der Waals surface area (Å²) >= 11 is 0. The monoisotopic (exact) mass is 469 g/mol. The molecule has 0 spiro atoms. The first-order chi connectivity index (χ1) is 16.9. The average molecular weight is 470 g/mol. The standard InChI is InChI=1S/C28H27N3O4/c1-4-34-26-16-21(15-22(17-29)28(33)31-24-7-5-6-20(3)14-24)10-13-25(26)35-18-27(32)30-23-11-8-19(2)9-12-23/h5-16H,4,18H2,1-3H3,(H,30,32)(H,31,33)/b22-15+. The van der Waals surface area contributed by atoms with E-state index in [1.807, 2.05) is 69.3 Å². The van der Waals surface area contributed by atoms with Gasteiger partial charge < -0.3 is 20.1 Å². The molecule has 3 rings (SSSR count). The Balaban J connectivity index is 1.70. The number of amides is 2. The number of nitrogens with zero attached hydrogens (tertiary/aromatic N) is 1. The van der Waals surface area contributed by atoms with Crippen LogP contribution in [0.3, 0.4) is 0 Å². The van der Waals surface area contributed by atoms with Crippen molar-refractivity contribution >= 4 is 29.3 Å². The molecule has 0 aromatic heterocycles. The van der Waals surface area contributed by atoms with Crippen LogP contribution in [0.4, 0.5) is 11.4 Å². The highest BCUT2D eigenvalue weighted by atomic mass is 16.5. The summed E-state index contributed by atoms with van der Waals surface area (Å²) in [6.45, 7) is 5.89. The predicted molar refractivity (Wildman–Crippen MR) is 136 cm³/mol. The summed E-state index contributed by atoms with van der Waals surface area (Å²) in [5, 5.41) is 15.0. The topological polar surface area (TPSA) is 100 Å². The maximum atomic E-state index is 12.6. The Morgan fingerprint density at radius 3 is 2.34 bits per heavy atom. The Labute approximate surface area is 205 Å². The van der Waals surface area contributed by atoms with E-state index in [2.05, 4.69) is 10.6 Å². The van der Waals surface area contributed by atoms with Crippen molar-refractivity contribution in [1.29, 1.82) is 5.26 Å². The zero-order valence-corrected chi connectivity index (χ0v) is 19.9. The van der Waals surface area contributed by atoms with Crippen LogP contribution in [0.15, 0.2) is 72.3 Å². The number of nitriles is 1. The number of hydrogen-bond donors (Lipinski definition) is 2. The Bertz CT molecular complexity index is 1270. The van der Waals surface area contributed by atoms with Crippen LogP contribution in [0, 0.1) is 25.2 Å². The van der Waals surface area contributed by atoms with E-state index in [4.69, 9.17) is 9.47 Å². The molecule has 0 heterocycles. The second kappa shape index (κ2) is 12.1. The molecule has 0 saturated heterocycles. The van der Waals surface area contributed by atoms with E-state index in [0.717, 1.165) is 11.1 Å². The van der Waals surface area contributed by atoms with Gasteiger partial charge in [-0.1, -0.05) is 35.9 Å². The maximum absolute atomic E-state index is 12.6. The third kappa shape index (κ3) is 7.47. The Morgan fingerprint density at radius 2 is 1.66 bits per heavy atom. The van der Waals surface area contributed by atoms with Crippen LogP contribution in [0.1, 0.15) is 23.6 Å². The summed E-state index contributed by atoms with van der Waals surface area (Å²) < 4.78 is 11.3. The third-order valence-electron chi connectivity index (χ3n) is 4.91. The summed E-state index contributed by atoms with van der Waals surface area (Å²) in [5.74, 6) is -0.0319. The Hall–Kier alpha value is -4.57. The molecule has 2 amide bonds. The number of aryl methyl sites for hydroxylation is 2. The van der Waals surface area contributed by atoms with Gasteiger partial charge in [0.25, 0.3) is 11.8 Å². The van der Waals surface area contributed by atoms with Gasteiger partial charge in [0.2, 0.25) is 0 Å². The minimum absolute atomic E-state index is 0.0555. The highest BCUT2D eigenvalue weighted by molar-refractivity contribution is 6.09. The Morgan fingerprint density at radius 1 is 0.886 bits per heavy atom. The van der Waals surface area contributed by atoms with E-state index < -0.39 is 5.91 Å². The van der Waals surface area contributed by atoms with Gasteiger partial charge in [-0.05, 0) is 74.4 Å². The van der Waals surface area contributed by atoms with Crippen molar-refractivity contribution in [2.75, 3.05) is 23.8 Å². The number of nitrogens with one attached hydrogen (secondary N) is 2. The van der Waals surface area contributed by atoms with Crippen LogP contribution >= 0.6 is 0 Å². The second-order valence-corrected chi connectivity index (χ2v) is 7.84. The zero-order chi connectivity index (χ0) is 25.2.